The van der Waals surface area contributed by atoms with E-state index < -0.39 is 6.10 Å². The number of hydrogen-bond donors (Lipinski definition) is 0. The summed E-state index contributed by atoms with van der Waals surface area (Å²) in [5, 5.41) is 0. The Balaban J connectivity index is 4.47. The molecule has 0 saturated carbocycles. The fourth-order valence-corrected chi connectivity index (χ4v) is 7.63. The van der Waals surface area contributed by atoms with E-state index in [1.807, 2.05) is 0 Å². The molecule has 1 atom stereocenters. The molecule has 0 heterocycles. The van der Waals surface area contributed by atoms with Crippen LogP contribution in [0.5, 0.6) is 0 Å². The lowest BCUT2D eigenvalue weighted by Crippen LogP contribution is -2.30. The Kier molecular flexibility index (Phi) is 54.4. The maximum atomic E-state index is 12.9. The van der Waals surface area contributed by atoms with Gasteiger partial charge in [-0.05, 0) is 122 Å². The summed E-state index contributed by atoms with van der Waals surface area (Å²) in [5.41, 5.74) is 0. The van der Waals surface area contributed by atoms with E-state index in [4.69, 9.17) is 14.2 Å². The van der Waals surface area contributed by atoms with Crippen LogP contribution < -0.4 is 0 Å². The summed E-state index contributed by atoms with van der Waals surface area (Å²) >= 11 is 0. The fraction of sp³-hybridized carbons (Fsp3) is 0.672. The Hall–Kier alpha value is -3.93. The van der Waals surface area contributed by atoms with Crippen molar-refractivity contribution in [3.63, 3.8) is 0 Å². The van der Waals surface area contributed by atoms with Gasteiger partial charge in [-0.15, -0.1) is 0 Å². The lowest BCUT2D eigenvalue weighted by atomic mass is 10.1. The van der Waals surface area contributed by atoms with Gasteiger partial charge in [-0.3, -0.25) is 14.4 Å². The topological polar surface area (TPSA) is 78.9 Å². The molecule has 6 heteroatoms. The summed E-state index contributed by atoms with van der Waals surface area (Å²) in [7, 11) is 0. The first-order chi connectivity index (χ1) is 34.5. The van der Waals surface area contributed by atoms with Crippen LogP contribution in [-0.2, 0) is 28.6 Å². The third-order valence-electron chi connectivity index (χ3n) is 12.0. The quantitative estimate of drug-likeness (QED) is 0.0262. The van der Waals surface area contributed by atoms with Crippen molar-refractivity contribution in [2.75, 3.05) is 13.2 Å². The minimum Gasteiger partial charge on any atom is -0.462 e. The van der Waals surface area contributed by atoms with Crippen LogP contribution in [0.1, 0.15) is 258 Å². The maximum Gasteiger partial charge on any atom is 0.306 e. The molecule has 0 aromatic heterocycles. The number of allylic oxidation sites excluding steroid dienone is 18. The third-order valence-corrected chi connectivity index (χ3v) is 12.0. The van der Waals surface area contributed by atoms with Crippen LogP contribution in [-0.4, -0.2) is 37.2 Å². The van der Waals surface area contributed by atoms with Crippen molar-refractivity contribution < 1.29 is 28.6 Å². The molecule has 0 bridgehead atoms. The van der Waals surface area contributed by atoms with Crippen LogP contribution in [0.15, 0.2) is 109 Å². The van der Waals surface area contributed by atoms with Crippen molar-refractivity contribution in [3.05, 3.63) is 109 Å². The molecular formula is C64H106O6. The van der Waals surface area contributed by atoms with Gasteiger partial charge in [-0.1, -0.05) is 226 Å². The van der Waals surface area contributed by atoms with Gasteiger partial charge in [-0.2, -0.15) is 0 Å². The number of carbonyl (C=O) groups excluding carboxylic acids is 3. The van der Waals surface area contributed by atoms with Crippen molar-refractivity contribution in [2.24, 2.45) is 0 Å². The summed E-state index contributed by atoms with van der Waals surface area (Å²) in [6.07, 6.45) is 77.9. The molecule has 0 aliphatic rings. The summed E-state index contributed by atoms with van der Waals surface area (Å²) in [6, 6.07) is 0. The van der Waals surface area contributed by atoms with Crippen molar-refractivity contribution >= 4 is 17.9 Å². The molecule has 70 heavy (non-hydrogen) atoms. The number of esters is 3. The first-order valence-electron chi connectivity index (χ1n) is 28.9. The van der Waals surface area contributed by atoms with Gasteiger partial charge in [0.05, 0.1) is 0 Å². The van der Waals surface area contributed by atoms with Gasteiger partial charge in [0.1, 0.15) is 13.2 Å². The summed E-state index contributed by atoms with van der Waals surface area (Å²) in [5.74, 6) is -0.948. The molecule has 0 saturated heterocycles. The molecule has 6 nitrogen and oxygen atoms in total. The summed E-state index contributed by atoms with van der Waals surface area (Å²) in [4.78, 5) is 38.2. The van der Waals surface area contributed by atoms with E-state index in [1.54, 1.807) is 0 Å². The second kappa shape index (κ2) is 57.6. The van der Waals surface area contributed by atoms with Crippen LogP contribution in [0.25, 0.3) is 0 Å². The second-order valence-corrected chi connectivity index (χ2v) is 18.8. The summed E-state index contributed by atoms with van der Waals surface area (Å²) in [6.45, 7) is 6.42. The number of hydrogen-bond acceptors (Lipinski definition) is 6. The van der Waals surface area contributed by atoms with Crippen LogP contribution in [0, 0.1) is 0 Å². The van der Waals surface area contributed by atoms with E-state index in [2.05, 4.69) is 130 Å². The smallest absolute Gasteiger partial charge is 0.306 e. The average molecular weight is 972 g/mol. The van der Waals surface area contributed by atoms with Crippen molar-refractivity contribution in [3.8, 4) is 0 Å². The monoisotopic (exact) mass is 971 g/mol. The van der Waals surface area contributed by atoms with Crippen LogP contribution in [0.4, 0.5) is 0 Å². The van der Waals surface area contributed by atoms with Gasteiger partial charge in [0.15, 0.2) is 6.10 Å². The molecule has 0 aromatic carbocycles. The Morgan fingerprint density at radius 2 is 0.571 bits per heavy atom. The first-order valence-corrected chi connectivity index (χ1v) is 28.9. The molecular weight excluding hydrogens is 865 g/mol. The zero-order chi connectivity index (χ0) is 50.7. The lowest BCUT2D eigenvalue weighted by molar-refractivity contribution is -0.167. The standard InChI is InChI=1S/C64H106O6/c1-4-7-10-13-16-19-22-25-28-30-32-34-36-39-42-45-48-51-54-57-63(66)69-60-61(59-68-62(65)56-53-50-47-44-41-38-27-24-21-18-15-12-9-6-3)70-64(67)58-55-52-49-46-43-40-37-35-33-31-29-26-23-20-17-14-11-8-5-2/h7,10,15-20,24-29,32,34,39,42,61H,4-6,8-9,11-14,21-23,30-31,33,35-38,40-41,43-60H2,1-3H3/b10-7+,18-15+,19-16+,20-17+,27-24+,28-25+,29-26+,34-32+,42-39+/t61-/m1/s1. The van der Waals surface area contributed by atoms with E-state index in [1.165, 1.54) is 89.9 Å². The molecule has 0 spiro atoms. The van der Waals surface area contributed by atoms with Gasteiger partial charge in [0.25, 0.3) is 0 Å². The number of unbranched alkanes of at least 4 members (excludes halogenated alkanes) is 22. The molecule has 0 aliphatic heterocycles. The molecule has 398 valence electrons. The van der Waals surface area contributed by atoms with Crippen molar-refractivity contribution in [2.45, 2.75) is 264 Å². The predicted molar refractivity (Wildman–Crippen MR) is 302 cm³/mol. The predicted octanol–water partition coefficient (Wildman–Crippen LogP) is 19.5. The number of rotatable bonds is 51. The minimum atomic E-state index is -0.803. The summed E-state index contributed by atoms with van der Waals surface area (Å²) < 4.78 is 16.8. The molecule has 0 aromatic rings. The van der Waals surface area contributed by atoms with Gasteiger partial charge in [-0.25, -0.2) is 0 Å². The Bertz CT molecular complexity index is 1440. The molecule has 0 rings (SSSR count). The van der Waals surface area contributed by atoms with Crippen LogP contribution >= 0.6 is 0 Å². The van der Waals surface area contributed by atoms with Crippen LogP contribution in [0.3, 0.4) is 0 Å². The highest BCUT2D eigenvalue weighted by molar-refractivity contribution is 5.71. The Morgan fingerprint density at radius 1 is 0.300 bits per heavy atom. The Morgan fingerprint density at radius 3 is 0.929 bits per heavy atom. The molecule has 0 fully saturated rings. The van der Waals surface area contributed by atoms with E-state index in [-0.39, 0.29) is 31.1 Å². The second-order valence-electron chi connectivity index (χ2n) is 18.8. The third kappa shape index (κ3) is 55.0. The normalized spacial score (nSPS) is 12.9. The van der Waals surface area contributed by atoms with Crippen molar-refractivity contribution in [1.82, 2.24) is 0 Å². The molecule has 0 N–H and O–H groups in total. The largest absolute Gasteiger partial charge is 0.462 e. The van der Waals surface area contributed by atoms with E-state index in [0.717, 1.165) is 128 Å². The fourth-order valence-electron chi connectivity index (χ4n) is 7.63. The highest BCUT2D eigenvalue weighted by atomic mass is 16.6. The van der Waals surface area contributed by atoms with E-state index in [0.29, 0.717) is 19.3 Å². The van der Waals surface area contributed by atoms with Gasteiger partial charge < -0.3 is 14.2 Å². The van der Waals surface area contributed by atoms with Crippen LogP contribution in [0.2, 0.25) is 0 Å². The minimum absolute atomic E-state index is 0.0992. The zero-order valence-electron chi connectivity index (χ0n) is 45.5. The number of carbonyl (C=O) groups is 3. The Labute approximate surface area is 431 Å². The molecule has 0 unspecified atom stereocenters. The highest BCUT2D eigenvalue weighted by Crippen LogP contribution is 2.14. The zero-order valence-corrected chi connectivity index (χ0v) is 45.5. The first kappa shape index (κ1) is 66.1. The molecule has 0 radical (unpaired) electrons. The van der Waals surface area contributed by atoms with Gasteiger partial charge in [0.2, 0.25) is 0 Å². The van der Waals surface area contributed by atoms with E-state index in [9.17, 15) is 14.4 Å². The highest BCUT2D eigenvalue weighted by Gasteiger charge is 2.19. The molecule has 0 aliphatic carbocycles. The maximum absolute atomic E-state index is 12.9. The molecule has 0 amide bonds. The van der Waals surface area contributed by atoms with E-state index >= 15 is 0 Å². The number of ether oxygens (including phenoxy) is 3. The van der Waals surface area contributed by atoms with Gasteiger partial charge in [0, 0.05) is 19.3 Å². The SMILES string of the molecule is CC/C=C/C/C=C/C/C=C/C/C=C/C/C=C/CCCCCC(=O)OC[C@@H](COC(=O)CCCCCCC/C=C/C/C=C/CCCC)OC(=O)CCCCCCCCCCC/C=C/C/C=C/CCCCC. The van der Waals surface area contributed by atoms with Gasteiger partial charge >= 0.3 is 17.9 Å². The van der Waals surface area contributed by atoms with Crippen molar-refractivity contribution in [1.29, 1.82) is 0 Å². The average Bonchev–Trinajstić information content (AvgIpc) is 3.36. The lowest BCUT2D eigenvalue weighted by Gasteiger charge is -2.18.